The van der Waals surface area contributed by atoms with E-state index < -0.39 is 12.6 Å². The molecular weight excluding hydrogens is 599 g/mol. The van der Waals surface area contributed by atoms with Crippen LogP contribution in [0, 0.1) is 23.7 Å². The number of amides is 1. The number of hydrogen-bond donors (Lipinski definition) is 2. The second kappa shape index (κ2) is 11.0. The standard InChI is InChI=1S/C33H36F3N7OS/c1-3-28(44)41-32-15-31(16-32,17-32)18-43-23(13-37)10-25-20(2)21(4-5-27(25)43)14-42-8-6-22(7-9-42)40-29-26-11-24(12-33(34,35)36)45-30(26)39-19-38-29/h4-5,10-11,19,22H,3,6-9,12,14-18H2,1-2H3,(H,41,44)(H,38,39,40). The quantitative estimate of drug-likeness (QED) is 0.219. The summed E-state index contributed by atoms with van der Waals surface area (Å²) in [6.45, 7) is 7.41. The van der Waals surface area contributed by atoms with Crippen LogP contribution in [0.2, 0.25) is 0 Å². The third kappa shape index (κ3) is 5.65. The smallest absolute Gasteiger partial charge is 0.367 e. The maximum absolute atomic E-state index is 12.9. The summed E-state index contributed by atoms with van der Waals surface area (Å²) in [6.07, 6.45) is 1.43. The molecule has 1 saturated heterocycles. The molecule has 4 aromatic rings. The van der Waals surface area contributed by atoms with Gasteiger partial charge >= 0.3 is 6.18 Å². The van der Waals surface area contributed by atoms with Crippen molar-refractivity contribution in [2.75, 3.05) is 18.4 Å². The van der Waals surface area contributed by atoms with Crippen LogP contribution in [-0.4, -0.2) is 56.2 Å². The molecule has 1 aliphatic heterocycles. The van der Waals surface area contributed by atoms with Crippen molar-refractivity contribution in [3.05, 3.63) is 52.3 Å². The van der Waals surface area contributed by atoms with Gasteiger partial charge in [-0.05, 0) is 73.8 Å². The van der Waals surface area contributed by atoms with E-state index in [0.29, 0.717) is 28.1 Å². The average molecular weight is 636 g/mol. The summed E-state index contributed by atoms with van der Waals surface area (Å²) in [4.78, 5) is 23.7. The lowest BCUT2D eigenvalue weighted by Crippen LogP contribution is -2.75. The molecule has 4 heterocycles. The van der Waals surface area contributed by atoms with Gasteiger partial charge in [-0.1, -0.05) is 13.0 Å². The molecule has 8 nitrogen and oxygen atoms in total. The van der Waals surface area contributed by atoms with E-state index in [4.69, 9.17) is 0 Å². The third-order valence-electron chi connectivity index (χ3n) is 10.0. The van der Waals surface area contributed by atoms with Crippen LogP contribution in [-0.2, 0) is 24.3 Å². The zero-order valence-corrected chi connectivity index (χ0v) is 26.2. The Labute approximate surface area is 263 Å². The molecule has 2 bridgehead atoms. The van der Waals surface area contributed by atoms with Gasteiger partial charge in [0, 0.05) is 60.0 Å². The summed E-state index contributed by atoms with van der Waals surface area (Å²) in [7, 11) is 0. The first-order valence-electron chi connectivity index (χ1n) is 15.6. The molecule has 3 aromatic heterocycles. The number of nitrogens with one attached hydrogen (secondary N) is 2. The molecule has 0 spiro atoms. The van der Waals surface area contributed by atoms with E-state index in [2.05, 4.69) is 55.2 Å². The lowest BCUT2D eigenvalue weighted by atomic mass is 9.39. The molecule has 3 saturated carbocycles. The summed E-state index contributed by atoms with van der Waals surface area (Å²) in [5.41, 5.74) is 4.35. The molecule has 1 amide bonds. The molecule has 8 rings (SSSR count). The van der Waals surface area contributed by atoms with Gasteiger partial charge in [-0.25, -0.2) is 9.97 Å². The summed E-state index contributed by atoms with van der Waals surface area (Å²) in [6, 6.07) is 10.5. The third-order valence-corrected chi connectivity index (χ3v) is 11.1. The monoisotopic (exact) mass is 635 g/mol. The number of fused-ring (bicyclic) bond motifs is 2. The number of piperidine rings is 1. The highest BCUT2D eigenvalue weighted by Crippen LogP contribution is 2.68. The lowest BCUT2D eigenvalue weighted by molar-refractivity contribution is -0.171. The maximum atomic E-state index is 12.9. The number of thiophene rings is 1. The Kier molecular flexibility index (Phi) is 7.32. The summed E-state index contributed by atoms with van der Waals surface area (Å²) < 4.78 is 41.0. The van der Waals surface area contributed by atoms with Crippen LogP contribution in [0.5, 0.6) is 0 Å². The van der Waals surface area contributed by atoms with Crippen molar-refractivity contribution in [1.29, 1.82) is 5.26 Å². The zero-order chi connectivity index (χ0) is 31.6. The molecule has 4 aliphatic rings. The highest BCUT2D eigenvalue weighted by atomic mass is 32.1. The molecular formula is C33H36F3N7OS. The van der Waals surface area contributed by atoms with Crippen LogP contribution in [0.4, 0.5) is 19.0 Å². The van der Waals surface area contributed by atoms with Crippen LogP contribution in [0.15, 0.2) is 30.6 Å². The molecule has 0 atom stereocenters. The number of aryl methyl sites for hydroxylation is 1. The first kappa shape index (κ1) is 30.0. The van der Waals surface area contributed by atoms with Crippen LogP contribution >= 0.6 is 11.3 Å². The number of benzene rings is 1. The normalized spacial score (nSPS) is 23.5. The second-order valence-corrected chi connectivity index (χ2v) is 14.5. The molecule has 1 aromatic carbocycles. The number of aromatic nitrogens is 3. The number of carbonyl (C=O) groups is 1. The fourth-order valence-electron chi connectivity index (χ4n) is 7.95. The molecule has 12 heteroatoms. The fourth-order valence-corrected chi connectivity index (χ4v) is 8.97. The van der Waals surface area contributed by atoms with Crippen LogP contribution in [0.3, 0.4) is 0 Å². The fraction of sp³-hybridized carbons (Fsp3) is 0.515. The van der Waals surface area contributed by atoms with Crippen molar-refractivity contribution in [3.63, 3.8) is 0 Å². The van der Waals surface area contributed by atoms with Crippen molar-refractivity contribution in [1.82, 2.24) is 24.8 Å². The van der Waals surface area contributed by atoms with Gasteiger partial charge in [-0.2, -0.15) is 18.4 Å². The topological polar surface area (TPSA) is 98.9 Å². The van der Waals surface area contributed by atoms with Gasteiger partial charge in [-0.3, -0.25) is 9.69 Å². The predicted octanol–water partition coefficient (Wildman–Crippen LogP) is 6.46. The van der Waals surface area contributed by atoms with Gasteiger partial charge in [0.25, 0.3) is 0 Å². The Balaban J connectivity index is 0.988. The van der Waals surface area contributed by atoms with Crippen LogP contribution in [0.25, 0.3) is 21.1 Å². The van der Waals surface area contributed by atoms with Gasteiger partial charge in [0.15, 0.2) is 0 Å². The number of nitriles is 1. The zero-order valence-electron chi connectivity index (χ0n) is 25.4. The Morgan fingerprint density at radius 3 is 2.60 bits per heavy atom. The van der Waals surface area contributed by atoms with Crippen molar-refractivity contribution in [2.45, 2.75) is 89.6 Å². The lowest BCUT2D eigenvalue weighted by Gasteiger charge is -2.70. The SMILES string of the molecule is CCC(=O)NC12CC(Cn3c(C#N)cc4c(C)c(CN5CCC(Nc6ncnc7sc(CC(F)(F)F)cc67)CC5)ccc43)(C1)C2. The predicted molar refractivity (Wildman–Crippen MR) is 168 cm³/mol. The molecule has 4 fully saturated rings. The Bertz CT molecular complexity index is 1810. The van der Waals surface area contributed by atoms with Gasteiger partial charge in [0.2, 0.25) is 5.91 Å². The summed E-state index contributed by atoms with van der Waals surface area (Å²) >= 11 is 1.07. The largest absolute Gasteiger partial charge is 0.393 e. The van der Waals surface area contributed by atoms with Crippen molar-refractivity contribution < 1.29 is 18.0 Å². The van der Waals surface area contributed by atoms with Crippen molar-refractivity contribution in [3.8, 4) is 6.07 Å². The molecule has 0 radical (unpaired) electrons. The van der Waals surface area contributed by atoms with Crippen molar-refractivity contribution in [2.24, 2.45) is 5.41 Å². The average Bonchev–Trinajstić information content (AvgIpc) is 3.54. The molecule has 45 heavy (non-hydrogen) atoms. The first-order valence-corrected chi connectivity index (χ1v) is 16.4. The number of alkyl halides is 3. The van der Waals surface area contributed by atoms with E-state index in [0.717, 1.165) is 80.5 Å². The van der Waals surface area contributed by atoms with Gasteiger partial charge in [0.1, 0.15) is 28.7 Å². The summed E-state index contributed by atoms with van der Waals surface area (Å²) in [5.74, 6) is 0.713. The number of carbonyl (C=O) groups excluding carboxylic acids is 1. The maximum Gasteiger partial charge on any atom is 0.393 e. The molecule has 0 unspecified atom stereocenters. The number of rotatable bonds is 9. The first-order chi connectivity index (χ1) is 21.5. The summed E-state index contributed by atoms with van der Waals surface area (Å²) in [5, 5.41) is 18.4. The van der Waals surface area contributed by atoms with Gasteiger partial charge in [0.05, 0.1) is 11.8 Å². The van der Waals surface area contributed by atoms with E-state index in [1.54, 1.807) is 6.07 Å². The van der Waals surface area contributed by atoms with Crippen LogP contribution < -0.4 is 10.6 Å². The Hall–Kier alpha value is -3.69. The minimum absolute atomic E-state index is 0.0278. The number of nitrogens with zero attached hydrogens (tertiary/aromatic N) is 5. The molecule has 236 valence electrons. The van der Waals surface area contributed by atoms with E-state index >= 15 is 0 Å². The van der Waals surface area contributed by atoms with Crippen LogP contribution in [0.1, 0.15) is 67.1 Å². The van der Waals surface area contributed by atoms with Gasteiger partial charge in [-0.15, -0.1) is 11.3 Å². The molecule has 2 N–H and O–H groups in total. The highest BCUT2D eigenvalue weighted by Gasteiger charge is 2.68. The number of halogens is 3. The second-order valence-electron chi connectivity index (χ2n) is 13.4. The number of likely N-dealkylation sites (tertiary alicyclic amines) is 1. The van der Waals surface area contributed by atoms with Gasteiger partial charge < -0.3 is 15.2 Å². The number of hydrogen-bond acceptors (Lipinski definition) is 7. The Morgan fingerprint density at radius 1 is 1.16 bits per heavy atom. The minimum atomic E-state index is -4.26. The van der Waals surface area contributed by atoms with E-state index in [1.165, 1.54) is 17.5 Å². The van der Waals surface area contributed by atoms with E-state index in [1.807, 2.05) is 13.0 Å². The Morgan fingerprint density at radius 2 is 1.91 bits per heavy atom. The highest BCUT2D eigenvalue weighted by molar-refractivity contribution is 7.18. The van der Waals surface area contributed by atoms with Crippen molar-refractivity contribution >= 4 is 44.2 Å². The minimum Gasteiger partial charge on any atom is -0.367 e. The van der Waals surface area contributed by atoms with E-state index in [9.17, 15) is 23.2 Å². The molecule has 3 aliphatic carbocycles. The number of anilines is 1. The van der Waals surface area contributed by atoms with E-state index in [-0.39, 0.29) is 27.8 Å².